The third kappa shape index (κ3) is 3.63. The fraction of sp³-hybridized carbons (Fsp3) is 1.00. The minimum absolute atomic E-state index is 0.443. The van der Waals surface area contributed by atoms with Gasteiger partial charge in [0.05, 0.1) is 12.7 Å². The predicted molar refractivity (Wildman–Crippen MR) is 54.7 cm³/mol. The van der Waals surface area contributed by atoms with E-state index in [0.29, 0.717) is 12.0 Å². The zero-order valence-electron chi connectivity index (χ0n) is 8.83. The maximum Gasteiger partial charge on any atom is 0.0700 e. The highest BCUT2D eigenvalue weighted by atomic mass is 16.5. The summed E-state index contributed by atoms with van der Waals surface area (Å²) in [5, 5.41) is 0. The summed E-state index contributed by atoms with van der Waals surface area (Å²) in [5.74, 6) is 0.607. The van der Waals surface area contributed by atoms with Gasteiger partial charge in [-0.2, -0.15) is 0 Å². The predicted octanol–water partition coefficient (Wildman–Crippen LogP) is 0.692. The van der Waals surface area contributed by atoms with Crippen LogP contribution in [-0.2, 0) is 4.74 Å². The number of nitrogens with zero attached hydrogens (tertiary/aromatic N) is 1. The van der Waals surface area contributed by atoms with Gasteiger partial charge in [0.25, 0.3) is 0 Å². The summed E-state index contributed by atoms with van der Waals surface area (Å²) in [6.07, 6.45) is 1.56. The van der Waals surface area contributed by atoms with Crippen LogP contribution in [0.15, 0.2) is 0 Å². The molecule has 1 aliphatic heterocycles. The minimum Gasteiger partial charge on any atom is -0.376 e. The summed E-state index contributed by atoms with van der Waals surface area (Å²) >= 11 is 0. The number of rotatable bonds is 4. The normalized spacial score (nSPS) is 27.5. The molecule has 1 heterocycles. The number of nitrogens with two attached hydrogens (primary N) is 1. The standard InChI is InChI=1S/C10H22N2O/c1-3-10-8-12(4-5-13-10)7-9(2)6-11/h9-10H,3-8,11H2,1-2H3. The van der Waals surface area contributed by atoms with Crippen molar-refractivity contribution in [1.82, 2.24) is 4.90 Å². The molecular formula is C10H22N2O. The number of morpholine rings is 1. The van der Waals surface area contributed by atoms with E-state index in [1.807, 2.05) is 0 Å². The van der Waals surface area contributed by atoms with Gasteiger partial charge in [0.1, 0.15) is 0 Å². The zero-order chi connectivity index (χ0) is 9.68. The molecule has 1 rings (SSSR count). The van der Waals surface area contributed by atoms with Crippen molar-refractivity contribution < 1.29 is 4.74 Å². The molecule has 3 heteroatoms. The van der Waals surface area contributed by atoms with Crippen molar-refractivity contribution in [2.75, 3.05) is 32.8 Å². The number of ether oxygens (including phenoxy) is 1. The lowest BCUT2D eigenvalue weighted by Crippen LogP contribution is -2.44. The first kappa shape index (κ1) is 11.0. The monoisotopic (exact) mass is 186 g/mol. The molecule has 1 aliphatic rings. The summed E-state index contributed by atoms with van der Waals surface area (Å²) in [6, 6.07) is 0. The fourth-order valence-electron chi connectivity index (χ4n) is 1.71. The van der Waals surface area contributed by atoms with Crippen LogP contribution in [0.5, 0.6) is 0 Å². The van der Waals surface area contributed by atoms with Gasteiger partial charge < -0.3 is 10.5 Å². The summed E-state index contributed by atoms with van der Waals surface area (Å²) in [7, 11) is 0. The molecule has 0 amide bonds. The van der Waals surface area contributed by atoms with E-state index in [1.54, 1.807) is 0 Å². The van der Waals surface area contributed by atoms with Gasteiger partial charge in [-0.25, -0.2) is 0 Å². The Kier molecular flexibility index (Phi) is 4.70. The molecule has 0 bridgehead atoms. The van der Waals surface area contributed by atoms with E-state index < -0.39 is 0 Å². The van der Waals surface area contributed by atoms with Crippen LogP contribution in [0.4, 0.5) is 0 Å². The molecule has 2 atom stereocenters. The second-order valence-electron chi connectivity index (χ2n) is 4.00. The van der Waals surface area contributed by atoms with Crippen molar-refractivity contribution in [3.8, 4) is 0 Å². The second-order valence-corrected chi connectivity index (χ2v) is 4.00. The van der Waals surface area contributed by atoms with Crippen LogP contribution in [0, 0.1) is 5.92 Å². The van der Waals surface area contributed by atoms with Crippen LogP contribution in [0.25, 0.3) is 0 Å². The third-order valence-corrected chi connectivity index (χ3v) is 2.65. The first-order valence-electron chi connectivity index (χ1n) is 5.30. The Morgan fingerprint density at radius 1 is 1.62 bits per heavy atom. The summed E-state index contributed by atoms with van der Waals surface area (Å²) < 4.78 is 5.60. The van der Waals surface area contributed by atoms with E-state index in [4.69, 9.17) is 10.5 Å². The van der Waals surface area contributed by atoms with Gasteiger partial charge in [-0.05, 0) is 18.9 Å². The van der Waals surface area contributed by atoms with Gasteiger partial charge in [0, 0.05) is 19.6 Å². The van der Waals surface area contributed by atoms with E-state index in [2.05, 4.69) is 18.7 Å². The van der Waals surface area contributed by atoms with Crippen LogP contribution in [-0.4, -0.2) is 43.8 Å². The SMILES string of the molecule is CCC1CN(CC(C)CN)CCO1. The molecule has 0 spiro atoms. The van der Waals surface area contributed by atoms with Crippen molar-refractivity contribution >= 4 is 0 Å². The number of hydrogen-bond donors (Lipinski definition) is 1. The van der Waals surface area contributed by atoms with Crippen molar-refractivity contribution in [3.63, 3.8) is 0 Å². The maximum absolute atomic E-state index is 5.60. The van der Waals surface area contributed by atoms with Gasteiger partial charge in [-0.1, -0.05) is 13.8 Å². The van der Waals surface area contributed by atoms with Crippen LogP contribution in [0.2, 0.25) is 0 Å². The lowest BCUT2D eigenvalue weighted by Gasteiger charge is -2.33. The minimum atomic E-state index is 0.443. The summed E-state index contributed by atoms with van der Waals surface area (Å²) in [6.45, 7) is 9.33. The molecule has 13 heavy (non-hydrogen) atoms. The highest BCUT2D eigenvalue weighted by Crippen LogP contribution is 2.09. The Bertz CT molecular complexity index is 139. The fourth-order valence-corrected chi connectivity index (χ4v) is 1.71. The van der Waals surface area contributed by atoms with Crippen LogP contribution in [0.1, 0.15) is 20.3 Å². The van der Waals surface area contributed by atoms with Crippen molar-refractivity contribution in [2.24, 2.45) is 11.7 Å². The lowest BCUT2D eigenvalue weighted by atomic mass is 10.1. The molecule has 0 aromatic heterocycles. The molecule has 0 saturated carbocycles. The largest absolute Gasteiger partial charge is 0.376 e. The Morgan fingerprint density at radius 2 is 2.38 bits per heavy atom. The molecule has 2 unspecified atom stereocenters. The van der Waals surface area contributed by atoms with E-state index in [1.165, 1.54) is 0 Å². The molecule has 2 N–H and O–H groups in total. The summed E-state index contributed by atoms with van der Waals surface area (Å²) in [4.78, 5) is 2.47. The van der Waals surface area contributed by atoms with Gasteiger partial charge in [0.15, 0.2) is 0 Å². The molecule has 1 saturated heterocycles. The van der Waals surface area contributed by atoms with Gasteiger partial charge >= 0.3 is 0 Å². The Balaban J connectivity index is 2.25. The smallest absolute Gasteiger partial charge is 0.0700 e. The quantitative estimate of drug-likeness (QED) is 0.702. The van der Waals surface area contributed by atoms with E-state index in [0.717, 1.165) is 39.2 Å². The Labute approximate surface area is 81.2 Å². The summed E-state index contributed by atoms with van der Waals surface area (Å²) in [5.41, 5.74) is 5.60. The molecule has 0 radical (unpaired) electrons. The molecule has 78 valence electrons. The van der Waals surface area contributed by atoms with Crippen LogP contribution in [0.3, 0.4) is 0 Å². The number of hydrogen-bond acceptors (Lipinski definition) is 3. The average Bonchev–Trinajstić information content (AvgIpc) is 2.18. The first-order valence-corrected chi connectivity index (χ1v) is 5.30. The Morgan fingerprint density at radius 3 is 3.00 bits per heavy atom. The van der Waals surface area contributed by atoms with Gasteiger partial charge in [0.2, 0.25) is 0 Å². The topological polar surface area (TPSA) is 38.5 Å². The van der Waals surface area contributed by atoms with E-state index in [-0.39, 0.29) is 0 Å². The molecule has 0 aliphatic carbocycles. The van der Waals surface area contributed by atoms with E-state index in [9.17, 15) is 0 Å². The van der Waals surface area contributed by atoms with Crippen LogP contribution < -0.4 is 5.73 Å². The van der Waals surface area contributed by atoms with Crippen LogP contribution >= 0.6 is 0 Å². The molecule has 1 fully saturated rings. The van der Waals surface area contributed by atoms with E-state index >= 15 is 0 Å². The second kappa shape index (κ2) is 5.58. The van der Waals surface area contributed by atoms with Crippen molar-refractivity contribution in [1.29, 1.82) is 0 Å². The molecular weight excluding hydrogens is 164 g/mol. The maximum atomic E-state index is 5.60. The molecule has 0 aromatic rings. The van der Waals surface area contributed by atoms with Crippen molar-refractivity contribution in [3.05, 3.63) is 0 Å². The first-order chi connectivity index (χ1) is 6.26. The highest BCUT2D eigenvalue weighted by molar-refractivity contribution is 4.72. The van der Waals surface area contributed by atoms with Gasteiger partial charge in [-0.3, -0.25) is 4.90 Å². The third-order valence-electron chi connectivity index (χ3n) is 2.65. The van der Waals surface area contributed by atoms with Crippen molar-refractivity contribution in [2.45, 2.75) is 26.4 Å². The Hall–Kier alpha value is -0.120. The average molecular weight is 186 g/mol. The molecule has 0 aromatic carbocycles. The molecule has 3 nitrogen and oxygen atoms in total. The zero-order valence-corrected chi connectivity index (χ0v) is 8.83. The highest BCUT2D eigenvalue weighted by Gasteiger charge is 2.19. The lowest BCUT2D eigenvalue weighted by molar-refractivity contribution is -0.0330. The van der Waals surface area contributed by atoms with Gasteiger partial charge in [-0.15, -0.1) is 0 Å².